The zero-order valence-corrected chi connectivity index (χ0v) is 12.6. The van der Waals surface area contributed by atoms with Crippen LogP contribution in [0.15, 0.2) is 12.3 Å². The predicted octanol–water partition coefficient (Wildman–Crippen LogP) is 1.03. The fourth-order valence-corrected chi connectivity index (χ4v) is 2.63. The quantitative estimate of drug-likeness (QED) is 0.813. The summed E-state index contributed by atoms with van der Waals surface area (Å²) in [6.07, 6.45) is 5.44. The minimum absolute atomic E-state index is 0.247. The molecule has 0 aliphatic heterocycles. The summed E-state index contributed by atoms with van der Waals surface area (Å²) in [7, 11) is 6.29. The van der Waals surface area contributed by atoms with Crippen LogP contribution in [-0.2, 0) is 0 Å². The molecule has 1 heterocycles. The monoisotopic (exact) mass is 279 g/mol. The summed E-state index contributed by atoms with van der Waals surface area (Å²) < 4.78 is 0. The number of rotatable bonds is 5. The molecule has 1 saturated carbocycles. The van der Waals surface area contributed by atoms with Gasteiger partial charge in [0.1, 0.15) is 10.7 Å². The topological polar surface area (TPSA) is 58.3 Å². The van der Waals surface area contributed by atoms with Gasteiger partial charge >= 0.3 is 0 Å². The van der Waals surface area contributed by atoms with E-state index in [4.69, 9.17) is 18.0 Å². The molecular weight excluding hydrogens is 258 g/mol. The molecule has 2 N–H and O–H groups in total. The Morgan fingerprint density at radius 3 is 2.58 bits per heavy atom. The summed E-state index contributed by atoms with van der Waals surface area (Å²) in [6, 6.07) is 1.74. The molecule has 0 radical (unpaired) electrons. The van der Waals surface area contributed by atoms with E-state index in [1.807, 2.05) is 7.05 Å². The van der Waals surface area contributed by atoms with Gasteiger partial charge in [0.25, 0.3) is 0 Å². The lowest BCUT2D eigenvalue weighted by molar-refractivity contribution is 0.0680. The SMILES string of the molecule is CN(CC1(N(C)C)CCC1)c1nccc(C(N)=S)n1. The van der Waals surface area contributed by atoms with Gasteiger partial charge in [-0.2, -0.15) is 0 Å². The zero-order valence-electron chi connectivity index (χ0n) is 11.8. The first-order valence-corrected chi connectivity index (χ1v) is 6.87. The molecule has 6 heteroatoms. The van der Waals surface area contributed by atoms with E-state index in [1.165, 1.54) is 19.3 Å². The molecule has 5 nitrogen and oxygen atoms in total. The van der Waals surface area contributed by atoms with E-state index < -0.39 is 0 Å². The Balaban J connectivity index is 2.13. The van der Waals surface area contributed by atoms with Crippen LogP contribution in [0.1, 0.15) is 25.0 Å². The van der Waals surface area contributed by atoms with Gasteiger partial charge < -0.3 is 15.5 Å². The number of hydrogen-bond acceptors (Lipinski definition) is 5. The molecule has 0 saturated heterocycles. The maximum absolute atomic E-state index is 5.61. The minimum Gasteiger partial charge on any atom is -0.388 e. The largest absolute Gasteiger partial charge is 0.388 e. The molecule has 0 atom stereocenters. The Morgan fingerprint density at radius 1 is 1.42 bits per heavy atom. The second kappa shape index (κ2) is 5.38. The van der Waals surface area contributed by atoms with E-state index in [0.29, 0.717) is 16.6 Å². The van der Waals surface area contributed by atoms with Crippen molar-refractivity contribution in [1.82, 2.24) is 14.9 Å². The number of likely N-dealkylation sites (N-methyl/N-ethyl adjacent to an activating group) is 2. The Bertz CT molecular complexity index is 470. The van der Waals surface area contributed by atoms with E-state index in [0.717, 1.165) is 6.54 Å². The molecule has 1 aromatic heterocycles. The third-order valence-corrected chi connectivity index (χ3v) is 4.21. The molecule has 1 aromatic rings. The van der Waals surface area contributed by atoms with Crippen LogP contribution in [0.2, 0.25) is 0 Å². The summed E-state index contributed by atoms with van der Waals surface area (Å²) >= 11 is 4.95. The van der Waals surface area contributed by atoms with Crippen LogP contribution in [0.4, 0.5) is 5.95 Å². The minimum atomic E-state index is 0.247. The maximum Gasteiger partial charge on any atom is 0.225 e. The molecule has 2 rings (SSSR count). The van der Waals surface area contributed by atoms with Crippen molar-refractivity contribution in [2.45, 2.75) is 24.8 Å². The highest BCUT2D eigenvalue weighted by atomic mass is 32.1. The van der Waals surface area contributed by atoms with E-state index >= 15 is 0 Å². The van der Waals surface area contributed by atoms with E-state index in [9.17, 15) is 0 Å². The number of nitrogens with zero attached hydrogens (tertiary/aromatic N) is 4. The van der Waals surface area contributed by atoms with Crippen LogP contribution in [0.25, 0.3) is 0 Å². The maximum atomic E-state index is 5.61. The smallest absolute Gasteiger partial charge is 0.225 e. The zero-order chi connectivity index (χ0) is 14.0. The van der Waals surface area contributed by atoms with Crippen molar-refractivity contribution in [2.75, 3.05) is 32.6 Å². The van der Waals surface area contributed by atoms with Crippen molar-refractivity contribution in [3.8, 4) is 0 Å². The van der Waals surface area contributed by atoms with Crippen molar-refractivity contribution in [3.63, 3.8) is 0 Å². The first kappa shape index (κ1) is 14.1. The summed E-state index contributed by atoms with van der Waals surface area (Å²) in [4.78, 5) is 13.4. The molecule has 0 spiro atoms. The highest BCUT2D eigenvalue weighted by molar-refractivity contribution is 7.80. The lowest BCUT2D eigenvalue weighted by Gasteiger charge is -2.49. The van der Waals surface area contributed by atoms with Gasteiger partial charge in [-0.1, -0.05) is 12.2 Å². The van der Waals surface area contributed by atoms with Crippen molar-refractivity contribution >= 4 is 23.2 Å². The molecule has 0 amide bonds. The first-order valence-electron chi connectivity index (χ1n) is 6.46. The van der Waals surface area contributed by atoms with Crippen molar-refractivity contribution in [2.24, 2.45) is 5.73 Å². The standard InChI is InChI=1S/C13H21N5S/c1-17(2)13(6-4-7-13)9-18(3)12-15-8-5-10(16-12)11(14)19/h5,8H,4,6-7,9H2,1-3H3,(H2,14,19). The molecule has 0 bridgehead atoms. The van der Waals surface area contributed by atoms with Crippen molar-refractivity contribution in [3.05, 3.63) is 18.0 Å². The third kappa shape index (κ3) is 2.84. The number of nitrogens with two attached hydrogens (primary N) is 1. The van der Waals surface area contributed by atoms with Gasteiger partial charge in [-0.15, -0.1) is 0 Å². The number of anilines is 1. The van der Waals surface area contributed by atoms with Crippen molar-refractivity contribution < 1.29 is 0 Å². The predicted molar refractivity (Wildman–Crippen MR) is 81.5 cm³/mol. The summed E-state index contributed by atoms with van der Waals surface area (Å²) in [5.74, 6) is 0.679. The van der Waals surface area contributed by atoms with Gasteiger partial charge in [0.2, 0.25) is 5.95 Å². The van der Waals surface area contributed by atoms with E-state index in [1.54, 1.807) is 12.3 Å². The second-order valence-electron chi connectivity index (χ2n) is 5.43. The average molecular weight is 279 g/mol. The fourth-order valence-electron chi connectivity index (χ4n) is 2.51. The highest BCUT2D eigenvalue weighted by Gasteiger charge is 2.40. The van der Waals surface area contributed by atoms with Gasteiger partial charge in [-0.05, 0) is 39.4 Å². The fraction of sp³-hybridized carbons (Fsp3) is 0.615. The van der Waals surface area contributed by atoms with Gasteiger partial charge in [-0.25, -0.2) is 9.97 Å². The van der Waals surface area contributed by atoms with E-state index in [-0.39, 0.29) is 5.54 Å². The summed E-state index contributed by atoms with van der Waals surface area (Å²) in [5, 5.41) is 0. The first-order chi connectivity index (χ1) is 8.94. The van der Waals surface area contributed by atoms with Crippen LogP contribution >= 0.6 is 12.2 Å². The Morgan fingerprint density at radius 2 is 2.11 bits per heavy atom. The average Bonchev–Trinajstić information content (AvgIpc) is 2.33. The molecule has 19 heavy (non-hydrogen) atoms. The van der Waals surface area contributed by atoms with Gasteiger partial charge in [0, 0.05) is 25.3 Å². The van der Waals surface area contributed by atoms with Gasteiger partial charge in [-0.3, -0.25) is 0 Å². The van der Waals surface area contributed by atoms with Crippen molar-refractivity contribution in [1.29, 1.82) is 0 Å². The van der Waals surface area contributed by atoms with Crippen LogP contribution in [0.5, 0.6) is 0 Å². The van der Waals surface area contributed by atoms with Crippen LogP contribution in [0.3, 0.4) is 0 Å². The Kier molecular flexibility index (Phi) is 4.01. The molecule has 1 aliphatic carbocycles. The van der Waals surface area contributed by atoms with E-state index in [2.05, 4.69) is 33.9 Å². The molecule has 0 aromatic carbocycles. The molecule has 0 unspecified atom stereocenters. The normalized spacial score (nSPS) is 17.1. The highest BCUT2D eigenvalue weighted by Crippen LogP contribution is 2.37. The summed E-state index contributed by atoms with van der Waals surface area (Å²) in [5.41, 5.74) is 6.48. The van der Waals surface area contributed by atoms with Crippen LogP contribution in [-0.4, -0.2) is 53.1 Å². The van der Waals surface area contributed by atoms with Crippen LogP contribution < -0.4 is 10.6 Å². The molecular formula is C13H21N5S. The lowest BCUT2D eigenvalue weighted by atomic mass is 9.75. The number of aromatic nitrogens is 2. The lowest BCUT2D eigenvalue weighted by Crippen LogP contribution is -2.57. The molecule has 1 aliphatic rings. The molecule has 104 valence electrons. The Labute approximate surface area is 119 Å². The summed E-state index contributed by atoms with van der Waals surface area (Å²) in [6.45, 7) is 0.917. The second-order valence-corrected chi connectivity index (χ2v) is 5.87. The number of hydrogen-bond donors (Lipinski definition) is 1. The van der Waals surface area contributed by atoms with Crippen LogP contribution in [0, 0.1) is 0 Å². The van der Waals surface area contributed by atoms with Gasteiger partial charge in [0.15, 0.2) is 0 Å². The molecule has 1 fully saturated rings. The van der Waals surface area contributed by atoms with Gasteiger partial charge in [0.05, 0.1) is 0 Å². The third-order valence-electron chi connectivity index (χ3n) is 4.00. The Hall–Kier alpha value is -1.27. The number of thiocarbonyl (C=S) groups is 1.